The first kappa shape index (κ1) is 19.8. The minimum Gasteiger partial charge on any atom is -0.496 e. The molecule has 27 heavy (non-hydrogen) atoms. The number of nitrogens with one attached hydrogen (secondary N) is 1. The summed E-state index contributed by atoms with van der Waals surface area (Å²) in [6, 6.07) is 15.0. The first-order valence-corrected chi connectivity index (χ1v) is 10.5. The van der Waals surface area contributed by atoms with Gasteiger partial charge in [-0.2, -0.15) is 0 Å². The lowest BCUT2D eigenvalue weighted by molar-refractivity contribution is -0.0291. The van der Waals surface area contributed by atoms with Crippen molar-refractivity contribution in [2.45, 2.75) is 17.9 Å². The zero-order valence-electron chi connectivity index (χ0n) is 15.7. The third kappa shape index (κ3) is 5.07. The molecular formula is C20H26N2O4S. The largest absolute Gasteiger partial charge is 0.496 e. The Balaban J connectivity index is 1.55. The number of methoxy groups -OCH3 is 1. The highest BCUT2D eigenvalue weighted by Gasteiger charge is 2.22. The van der Waals surface area contributed by atoms with Gasteiger partial charge >= 0.3 is 0 Å². The Hall–Kier alpha value is -1.93. The van der Waals surface area contributed by atoms with Crippen molar-refractivity contribution in [1.29, 1.82) is 0 Å². The monoisotopic (exact) mass is 390 g/mol. The fourth-order valence-corrected chi connectivity index (χ4v) is 4.32. The number of hydrogen-bond donors (Lipinski definition) is 1. The molecule has 0 aromatic heterocycles. The van der Waals surface area contributed by atoms with Gasteiger partial charge in [-0.25, -0.2) is 13.1 Å². The molecule has 3 rings (SSSR count). The van der Waals surface area contributed by atoms with Crippen LogP contribution in [0.3, 0.4) is 0 Å². The topological polar surface area (TPSA) is 67.9 Å². The van der Waals surface area contributed by atoms with Crippen molar-refractivity contribution >= 4 is 10.0 Å². The molecule has 0 saturated carbocycles. The van der Waals surface area contributed by atoms with Gasteiger partial charge in [-0.15, -0.1) is 0 Å². The maximum atomic E-state index is 12.5. The zero-order chi connectivity index (χ0) is 19.3. The van der Waals surface area contributed by atoms with E-state index in [-0.39, 0.29) is 11.0 Å². The van der Waals surface area contributed by atoms with Gasteiger partial charge in [0.25, 0.3) is 0 Å². The molecule has 2 aromatic carbocycles. The molecule has 1 aliphatic rings. The summed E-state index contributed by atoms with van der Waals surface area (Å²) in [7, 11) is -1.97. The summed E-state index contributed by atoms with van der Waals surface area (Å²) in [6.07, 6.45) is 0.0285. The van der Waals surface area contributed by atoms with Gasteiger partial charge < -0.3 is 9.47 Å². The predicted octanol–water partition coefficient (Wildman–Crippen LogP) is 2.36. The summed E-state index contributed by atoms with van der Waals surface area (Å²) in [5, 5.41) is 0. The van der Waals surface area contributed by atoms with Crippen LogP contribution in [0.5, 0.6) is 5.75 Å². The number of benzene rings is 2. The Morgan fingerprint density at radius 1 is 1.22 bits per heavy atom. The second kappa shape index (κ2) is 8.84. The molecule has 1 heterocycles. The van der Waals surface area contributed by atoms with Crippen LogP contribution in [-0.2, 0) is 14.8 Å². The molecule has 1 aliphatic heterocycles. The number of sulfonamides is 1. The van der Waals surface area contributed by atoms with E-state index in [0.717, 1.165) is 24.2 Å². The molecule has 0 radical (unpaired) electrons. The van der Waals surface area contributed by atoms with E-state index in [0.29, 0.717) is 25.4 Å². The van der Waals surface area contributed by atoms with Gasteiger partial charge in [0.05, 0.1) is 24.7 Å². The fraction of sp³-hybridized carbons (Fsp3) is 0.400. The molecule has 1 saturated heterocycles. The molecule has 0 amide bonds. The Labute approximate surface area is 161 Å². The number of ether oxygens (including phenoxy) is 2. The molecule has 0 spiro atoms. The second-order valence-electron chi connectivity index (χ2n) is 6.60. The third-order valence-electron chi connectivity index (χ3n) is 4.72. The molecule has 0 bridgehead atoms. The minimum absolute atomic E-state index is 0.0285. The van der Waals surface area contributed by atoms with E-state index in [2.05, 4.69) is 21.8 Å². The van der Waals surface area contributed by atoms with Crippen molar-refractivity contribution < 1.29 is 17.9 Å². The first-order valence-electron chi connectivity index (χ1n) is 9.03. The highest BCUT2D eigenvalue weighted by atomic mass is 32.2. The summed E-state index contributed by atoms with van der Waals surface area (Å²) in [4.78, 5) is 2.48. The van der Waals surface area contributed by atoms with Crippen LogP contribution < -0.4 is 9.46 Å². The standard InChI is InChI=1S/C20H26N2O4S/c1-16-14-18(8-9-19(16)25-2)27(23,24)21-10-11-22-12-13-26-20(15-22)17-6-4-3-5-7-17/h3-9,14,20-21H,10-13,15H2,1-2H3/t20-/m0/s1. The summed E-state index contributed by atoms with van der Waals surface area (Å²) in [6.45, 7) is 5.02. The number of morpholine rings is 1. The van der Waals surface area contributed by atoms with Crippen LogP contribution >= 0.6 is 0 Å². The zero-order valence-corrected chi connectivity index (χ0v) is 16.5. The van der Waals surface area contributed by atoms with Crippen molar-refractivity contribution in [2.75, 3.05) is 39.9 Å². The molecular weight excluding hydrogens is 364 g/mol. The lowest BCUT2D eigenvalue weighted by Gasteiger charge is -2.33. The molecule has 0 unspecified atom stereocenters. The summed E-state index contributed by atoms with van der Waals surface area (Å²) in [5.74, 6) is 0.675. The molecule has 146 valence electrons. The number of hydrogen-bond acceptors (Lipinski definition) is 5. The van der Waals surface area contributed by atoms with Gasteiger partial charge in [0, 0.05) is 26.2 Å². The Kier molecular flexibility index (Phi) is 6.49. The average molecular weight is 391 g/mol. The van der Waals surface area contributed by atoms with Gasteiger partial charge in [0.1, 0.15) is 5.75 Å². The van der Waals surface area contributed by atoms with Crippen LogP contribution in [0.1, 0.15) is 17.2 Å². The number of aryl methyl sites for hydroxylation is 1. The van der Waals surface area contributed by atoms with Crippen molar-refractivity contribution in [2.24, 2.45) is 0 Å². The summed E-state index contributed by atoms with van der Waals surface area (Å²) >= 11 is 0. The molecule has 6 nitrogen and oxygen atoms in total. The van der Waals surface area contributed by atoms with Crippen LogP contribution in [0.4, 0.5) is 0 Å². The summed E-state index contributed by atoms with van der Waals surface area (Å²) < 4.78 is 38.8. The summed E-state index contributed by atoms with van der Waals surface area (Å²) in [5.41, 5.74) is 1.94. The average Bonchev–Trinajstić information content (AvgIpc) is 2.69. The van der Waals surface area contributed by atoms with E-state index in [1.807, 2.05) is 25.1 Å². The Morgan fingerprint density at radius 2 is 2.00 bits per heavy atom. The smallest absolute Gasteiger partial charge is 0.240 e. The van der Waals surface area contributed by atoms with Gasteiger partial charge in [-0.1, -0.05) is 30.3 Å². The van der Waals surface area contributed by atoms with Gasteiger partial charge in [-0.3, -0.25) is 4.90 Å². The second-order valence-corrected chi connectivity index (χ2v) is 8.37. The van der Waals surface area contributed by atoms with Crippen LogP contribution in [-0.4, -0.2) is 53.2 Å². The lowest BCUT2D eigenvalue weighted by atomic mass is 10.1. The Morgan fingerprint density at radius 3 is 2.70 bits per heavy atom. The SMILES string of the molecule is COc1ccc(S(=O)(=O)NCCN2CCO[C@H](c3ccccc3)C2)cc1C. The van der Waals surface area contributed by atoms with Crippen LogP contribution in [0.2, 0.25) is 0 Å². The van der Waals surface area contributed by atoms with Crippen LogP contribution in [0.15, 0.2) is 53.4 Å². The maximum Gasteiger partial charge on any atom is 0.240 e. The third-order valence-corrected chi connectivity index (χ3v) is 6.18. The lowest BCUT2D eigenvalue weighted by Crippen LogP contribution is -2.42. The molecule has 1 N–H and O–H groups in total. The molecule has 7 heteroatoms. The van der Waals surface area contributed by atoms with E-state index in [1.54, 1.807) is 25.3 Å². The van der Waals surface area contributed by atoms with Crippen LogP contribution in [0.25, 0.3) is 0 Å². The molecule has 1 fully saturated rings. The highest BCUT2D eigenvalue weighted by molar-refractivity contribution is 7.89. The number of rotatable bonds is 7. The van der Waals surface area contributed by atoms with Gasteiger partial charge in [0.15, 0.2) is 0 Å². The normalized spacial score (nSPS) is 18.4. The fourth-order valence-electron chi connectivity index (χ4n) is 3.21. The minimum atomic E-state index is -3.54. The van der Waals surface area contributed by atoms with E-state index in [9.17, 15) is 8.42 Å². The predicted molar refractivity (Wildman–Crippen MR) is 104 cm³/mol. The van der Waals surface area contributed by atoms with Crippen molar-refractivity contribution in [3.05, 3.63) is 59.7 Å². The highest BCUT2D eigenvalue weighted by Crippen LogP contribution is 2.22. The van der Waals surface area contributed by atoms with Crippen molar-refractivity contribution in [1.82, 2.24) is 9.62 Å². The Bertz CT molecular complexity index is 856. The van der Waals surface area contributed by atoms with E-state index in [4.69, 9.17) is 9.47 Å². The first-order chi connectivity index (χ1) is 13.0. The van der Waals surface area contributed by atoms with E-state index < -0.39 is 10.0 Å². The van der Waals surface area contributed by atoms with Crippen molar-refractivity contribution in [3.63, 3.8) is 0 Å². The molecule has 0 aliphatic carbocycles. The van der Waals surface area contributed by atoms with Crippen LogP contribution in [0, 0.1) is 6.92 Å². The van der Waals surface area contributed by atoms with E-state index in [1.165, 1.54) is 0 Å². The van der Waals surface area contributed by atoms with Gasteiger partial charge in [0.2, 0.25) is 10.0 Å². The van der Waals surface area contributed by atoms with E-state index >= 15 is 0 Å². The van der Waals surface area contributed by atoms with Crippen molar-refractivity contribution in [3.8, 4) is 5.75 Å². The van der Waals surface area contributed by atoms with Gasteiger partial charge in [-0.05, 0) is 36.2 Å². The molecule has 1 atom stereocenters. The molecule has 2 aromatic rings. The quantitative estimate of drug-likeness (QED) is 0.786. The maximum absolute atomic E-state index is 12.5. The number of nitrogens with zero attached hydrogens (tertiary/aromatic N) is 1.